The molecule has 6 saturated carbocycles. The first-order valence-corrected chi connectivity index (χ1v) is 7.56. The van der Waals surface area contributed by atoms with E-state index in [0.29, 0.717) is 64.8 Å². The fraction of sp³-hybridized carbons (Fsp3) is 0.750. The second-order valence-electron chi connectivity index (χ2n) is 7.91. The Morgan fingerprint density at radius 3 is 1.50 bits per heavy atom. The lowest BCUT2D eigenvalue weighted by Gasteiger charge is -2.42. The van der Waals surface area contributed by atoms with Crippen molar-refractivity contribution in [1.82, 2.24) is 0 Å². The summed E-state index contributed by atoms with van der Waals surface area (Å²) in [7, 11) is 0. The van der Waals surface area contributed by atoms with Crippen LogP contribution in [0.1, 0.15) is 0 Å². The van der Waals surface area contributed by atoms with Crippen molar-refractivity contribution in [2.24, 2.45) is 71.0 Å². The van der Waals surface area contributed by atoms with E-state index in [1.165, 1.54) is 0 Å². The van der Waals surface area contributed by atoms with Gasteiger partial charge in [0.2, 0.25) is 0 Å². The zero-order valence-corrected chi connectivity index (χ0v) is 9.90. The van der Waals surface area contributed by atoms with E-state index in [9.17, 15) is 9.59 Å². The summed E-state index contributed by atoms with van der Waals surface area (Å²) in [6, 6.07) is 0. The first kappa shape index (κ1) is 8.29. The molecule has 90 valence electrons. The lowest BCUT2D eigenvalue weighted by atomic mass is 9.59. The van der Waals surface area contributed by atoms with Crippen molar-refractivity contribution < 1.29 is 9.59 Å². The molecular weight excluding hydrogens is 224 g/mol. The number of carbonyl (C=O) groups excluding carboxylic acids is 2. The minimum absolute atomic E-state index is 0.184. The number of hydrogen-bond donors (Lipinski definition) is 0. The second kappa shape index (κ2) is 1.97. The van der Waals surface area contributed by atoms with Crippen LogP contribution in [-0.4, -0.2) is 11.6 Å². The largest absolute Gasteiger partial charge is 0.299 e. The highest BCUT2D eigenvalue weighted by atomic mass is 16.1. The molecular formula is C16H14O2. The van der Waals surface area contributed by atoms with Crippen LogP contribution in [0.3, 0.4) is 0 Å². The molecule has 10 unspecified atom stereocenters. The smallest absolute Gasteiger partial charge is 0.140 e. The molecule has 7 aliphatic carbocycles. The fourth-order valence-corrected chi connectivity index (χ4v) is 8.50. The summed E-state index contributed by atoms with van der Waals surface area (Å²) in [5.41, 5.74) is 0. The zero-order valence-electron chi connectivity index (χ0n) is 9.90. The molecule has 0 aromatic carbocycles. The van der Waals surface area contributed by atoms with Crippen LogP contribution in [-0.2, 0) is 9.59 Å². The topological polar surface area (TPSA) is 34.1 Å². The molecule has 0 saturated heterocycles. The quantitative estimate of drug-likeness (QED) is 0.594. The van der Waals surface area contributed by atoms with E-state index >= 15 is 0 Å². The van der Waals surface area contributed by atoms with E-state index in [0.717, 1.165) is 5.92 Å². The van der Waals surface area contributed by atoms with Crippen molar-refractivity contribution in [3.05, 3.63) is 12.2 Å². The fourth-order valence-electron chi connectivity index (χ4n) is 8.50. The predicted molar refractivity (Wildman–Crippen MR) is 61.0 cm³/mol. The lowest BCUT2D eigenvalue weighted by molar-refractivity contribution is -0.141. The summed E-state index contributed by atoms with van der Waals surface area (Å²) in [5.74, 6) is 7.25. The van der Waals surface area contributed by atoms with Crippen LogP contribution in [0.4, 0.5) is 0 Å². The number of Topliss-reactive ketones (excluding diaryl/α,β-unsaturated/α-hetero) is 2. The van der Waals surface area contributed by atoms with Crippen LogP contribution in [0, 0.1) is 71.0 Å². The Morgan fingerprint density at radius 1 is 0.556 bits per heavy atom. The van der Waals surface area contributed by atoms with Crippen LogP contribution in [0.5, 0.6) is 0 Å². The van der Waals surface area contributed by atoms with E-state index < -0.39 is 0 Å². The third-order valence-electron chi connectivity index (χ3n) is 8.30. The molecule has 0 bridgehead atoms. The molecule has 0 aliphatic heterocycles. The van der Waals surface area contributed by atoms with Crippen LogP contribution < -0.4 is 0 Å². The zero-order chi connectivity index (χ0) is 11.5. The molecule has 0 amide bonds. The first-order chi connectivity index (χ1) is 8.80. The van der Waals surface area contributed by atoms with Gasteiger partial charge in [0.15, 0.2) is 0 Å². The van der Waals surface area contributed by atoms with E-state index in [2.05, 4.69) is 12.2 Å². The van der Waals surface area contributed by atoms with Gasteiger partial charge in [-0.2, -0.15) is 0 Å². The van der Waals surface area contributed by atoms with Gasteiger partial charge in [-0.05, 0) is 47.3 Å². The third-order valence-corrected chi connectivity index (χ3v) is 8.30. The molecule has 0 aromatic heterocycles. The Hall–Kier alpha value is -0.920. The van der Waals surface area contributed by atoms with Crippen molar-refractivity contribution in [2.75, 3.05) is 0 Å². The number of carbonyl (C=O) groups is 2. The van der Waals surface area contributed by atoms with Crippen LogP contribution in [0.25, 0.3) is 0 Å². The highest BCUT2D eigenvalue weighted by Gasteiger charge is 2.86. The molecule has 7 rings (SSSR count). The number of ketones is 2. The van der Waals surface area contributed by atoms with Gasteiger partial charge < -0.3 is 0 Å². The minimum atomic E-state index is 0.184. The summed E-state index contributed by atoms with van der Waals surface area (Å²) in [6.45, 7) is 0. The summed E-state index contributed by atoms with van der Waals surface area (Å²) in [6.07, 6.45) is 4.65. The highest BCUT2D eigenvalue weighted by Crippen LogP contribution is 2.85. The Labute approximate surface area is 105 Å². The van der Waals surface area contributed by atoms with E-state index in [1.807, 2.05) is 0 Å². The van der Waals surface area contributed by atoms with Gasteiger partial charge in [0.1, 0.15) is 11.6 Å². The summed E-state index contributed by atoms with van der Waals surface area (Å²) >= 11 is 0. The second-order valence-corrected chi connectivity index (χ2v) is 7.91. The maximum Gasteiger partial charge on any atom is 0.140 e. The Morgan fingerprint density at radius 2 is 1.00 bits per heavy atom. The van der Waals surface area contributed by atoms with Gasteiger partial charge in [-0.15, -0.1) is 0 Å². The molecule has 0 spiro atoms. The number of hydrogen-bond acceptors (Lipinski definition) is 2. The summed E-state index contributed by atoms with van der Waals surface area (Å²) < 4.78 is 0. The standard InChI is InChI=1S/C16H14O2/c17-15-6-3-1-2-4-5(3)8-9(6)11-12-10(8)7(4)16(18)14(12)13(11)15/h1-14H. The van der Waals surface area contributed by atoms with Crippen molar-refractivity contribution in [3.63, 3.8) is 0 Å². The van der Waals surface area contributed by atoms with Crippen molar-refractivity contribution in [2.45, 2.75) is 0 Å². The van der Waals surface area contributed by atoms with Gasteiger partial charge >= 0.3 is 0 Å². The summed E-state index contributed by atoms with van der Waals surface area (Å²) in [5, 5.41) is 0. The molecule has 0 heterocycles. The third kappa shape index (κ3) is 0.466. The minimum Gasteiger partial charge on any atom is -0.299 e. The maximum atomic E-state index is 12.7. The van der Waals surface area contributed by atoms with Crippen LogP contribution in [0.15, 0.2) is 12.2 Å². The molecule has 10 atom stereocenters. The molecule has 2 nitrogen and oxygen atoms in total. The molecule has 0 radical (unpaired) electrons. The molecule has 6 fully saturated rings. The van der Waals surface area contributed by atoms with Gasteiger partial charge in [-0.25, -0.2) is 0 Å². The normalized spacial score (nSPS) is 78.0. The van der Waals surface area contributed by atoms with E-state index in [1.54, 1.807) is 0 Å². The Bertz CT molecular complexity index is 554. The van der Waals surface area contributed by atoms with Gasteiger partial charge in [0.25, 0.3) is 0 Å². The van der Waals surface area contributed by atoms with Gasteiger partial charge in [0.05, 0.1) is 0 Å². The number of rotatable bonds is 0. The first-order valence-electron chi connectivity index (χ1n) is 7.56. The van der Waals surface area contributed by atoms with E-state index in [-0.39, 0.29) is 11.8 Å². The van der Waals surface area contributed by atoms with Gasteiger partial charge in [0, 0.05) is 23.7 Å². The van der Waals surface area contributed by atoms with Gasteiger partial charge in [-0.3, -0.25) is 9.59 Å². The van der Waals surface area contributed by atoms with Crippen LogP contribution in [0.2, 0.25) is 0 Å². The Balaban J connectivity index is 1.65. The average molecular weight is 238 g/mol. The van der Waals surface area contributed by atoms with E-state index in [4.69, 9.17) is 0 Å². The Kier molecular flexibility index (Phi) is 0.908. The highest BCUT2D eigenvalue weighted by molar-refractivity contribution is 6.00. The van der Waals surface area contributed by atoms with Crippen molar-refractivity contribution in [1.29, 1.82) is 0 Å². The predicted octanol–water partition coefficient (Wildman–Crippen LogP) is 1.17. The average Bonchev–Trinajstić information content (AvgIpc) is 2.98. The molecule has 7 aliphatic rings. The van der Waals surface area contributed by atoms with Crippen molar-refractivity contribution in [3.8, 4) is 0 Å². The monoisotopic (exact) mass is 238 g/mol. The van der Waals surface area contributed by atoms with Crippen molar-refractivity contribution >= 4 is 11.6 Å². The summed E-state index contributed by atoms with van der Waals surface area (Å²) in [4.78, 5) is 25.4. The number of fused-ring (bicyclic) bond motifs is 3. The SMILES string of the molecule is O=C1C2C3C(=O)C4C5C=CC6C1C1C2C3C4C1C65. The molecule has 0 aromatic rings. The number of allylic oxidation sites excluding steroid dienone is 2. The van der Waals surface area contributed by atoms with Gasteiger partial charge in [-0.1, -0.05) is 12.2 Å². The molecule has 0 N–H and O–H groups in total. The molecule has 18 heavy (non-hydrogen) atoms. The lowest BCUT2D eigenvalue weighted by Crippen LogP contribution is -2.47. The maximum absolute atomic E-state index is 12.7. The molecule has 2 heteroatoms. The van der Waals surface area contributed by atoms with Crippen LogP contribution >= 0.6 is 0 Å².